The van der Waals surface area contributed by atoms with Gasteiger partial charge in [-0.15, -0.1) is 0 Å². The number of nitrogens with zero attached hydrogens (tertiary/aromatic N) is 2. The van der Waals surface area contributed by atoms with Gasteiger partial charge >= 0.3 is 0 Å². The molecule has 0 spiro atoms. The Kier molecular flexibility index (Phi) is 3.29. The molecular weight excluding hydrogens is 204 g/mol. The number of hydrogen-bond acceptors (Lipinski definition) is 5. The van der Waals surface area contributed by atoms with E-state index in [9.17, 15) is 13.2 Å². The first-order chi connectivity index (χ1) is 6.49. The van der Waals surface area contributed by atoms with Crippen molar-refractivity contribution in [1.82, 2.24) is 9.97 Å². The molecule has 0 atom stereocenters. The number of Topliss-reactive ketones (excluding diaryl/α,β-unsaturated/α-hetero) is 1. The van der Waals surface area contributed by atoms with Gasteiger partial charge in [0.05, 0.1) is 11.9 Å². The Balaban J connectivity index is 2.61. The Morgan fingerprint density at radius 2 is 2.14 bits per heavy atom. The highest BCUT2D eigenvalue weighted by Crippen LogP contribution is 1.99. The lowest BCUT2D eigenvalue weighted by molar-refractivity contribution is 0.0983. The molecule has 0 aliphatic rings. The van der Waals surface area contributed by atoms with Gasteiger partial charge in [-0.05, 0) is 0 Å². The minimum Gasteiger partial charge on any atom is -0.292 e. The predicted octanol–water partition coefficient (Wildman–Crippen LogP) is 0.0940. The van der Waals surface area contributed by atoms with Crippen LogP contribution in [0.5, 0.6) is 0 Å². The number of hydrogen-bond donors (Lipinski definition) is 0. The van der Waals surface area contributed by atoms with E-state index in [-0.39, 0.29) is 23.7 Å². The number of aromatic nitrogens is 2. The fourth-order valence-electron chi connectivity index (χ4n) is 0.849. The first-order valence-corrected chi connectivity index (χ1v) is 6.02. The number of sulfone groups is 1. The van der Waals surface area contributed by atoms with Gasteiger partial charge in [0.25, 0.3) is 0 Å². The van der Waals surface area contributed by atoms with Crippen LogP contribution < -0.4 is 0 Å². The monoisotopic (exact) mass is 214 g/mol. The standard InChI is InChI=1S/C8H10N2O3S/c1-14(12,13)5-2-8(11)7-6-9-3-4-10-7/h3-4,6H,2,5H2,1H3. The van der Waals surface area contributed by atoms with Gasteiger partial charge in [0.2, 0.25) is 0 Å². The summed E-state index contributed by atoms with van der Waals surface area (Å²) in [5.41, 5.74) is 0.205. The Bertz CT molecular complexity index is 413. The van der Waals surface area contributed by atoms with Gasteiger partial charge in [-0.1, -0.05) is 0 Å². The van der Waals surface area contributed by atoms with Gasteiger partial charge in [-0.25, -0.2) is 13.4 Å². The second-order valence-corrected chi connectivity index (χ2v) is 5.15. The molecule has 0 fully saturated rings. The molecular formula is C8H10N2O3S. The largest absolute Gasteiger partial charge is 0.292 e. The van der Waals surface area contributed by atoms with E-state index in [4.69, 9.17) is 0 Å². The summed E-state index contributed by atoms with van der Waals surface area (Å²) in [5.74, 6) is -0.453. The lowest BCUT2D eigenvalue weighted by atomic mass is 10.2. The molecule has 6 heteroatoms. The summed E-state index contributed by atoms with van der Waals surface area (Å²) >= 11 is 0. The molecule has 1 aromatic heterocycles. The minimum atomic E-state index is -3.10. The van der Waals surface area contributed by atoms with E-state index in [0.29, 0.717) is 0 Å². The summed E-state index contributed by atoms with van der Waals surface area (Å²) in [7, 11) is -3.10. The molecule has 5 nitrogen and oxygen atoms in total. The molecule has 1 rings (SSSR count). The van der Waals surface area contributed by atoms with Crippen molar-refractivity contribution in [3.63, 3.8) is 0 Å². The molecule has 0 aromatic carbocycles. The smallest absolute Gasteiger partial charge is 0.183 e. The molecule has 0 N–H and O–H groups in total. The third-order valence-corrected chi connectivity index (χ3v) is 2.49. The molecule has 0 bridgehead atoms. The maximum Gasteiger partial charge on any atom is 0.183 e. The van der Waals surface area contributed by atoms with Crippen LogP contribution in [0.2, 0.25) is 0 Å². The lowest BCUT2D eigenvalue weighted by Crippen LogP contribution is -2.10. The summed E-state index contributed by atoms with van der Waals surface area (Å²) in [5, 5.41) is 0. The molecule has 14 heavy (non-hydrogen) atoms. The maximum absolute atomic E-state index is 11.3. The normalized spacial score (nSPS) is 11.2. The van der Waals surface area contributed by atoms with Crippen LogP contribution in [0.3, 0.4) is 0 Å². The number of rotatable bonds is 4. The van der Waals surface area contributed by atoms with Crippen molar-refractivity contribution in [2.24, 2.45) is 0 Å². The quantitative estimate of drug-likeness (QED) is 0.664. The molecule has 76 valence electrons. The fraction of sp³-hybridized carbons (Fsp3) is 0.375. The summed E-state index contributed by atoms with van der Waals surface area (Å²) in [6.45, 7) is 0. The molecule has 0 aliphatic carbocycles. The predicted molar refractivity (Wildman–Crippen MR) is 50.7 cm³/mol. The summed E-state index contributed by atoms with van der Waals surface area (Å²) < 4.78 is 21.6. The van der Waals surface area contributed by atoms with E-state index in [1.807, 2.05) is 0 Å². The fourth-order valence-corrected chi connectivity index (χ4v) is 1.41. The molecule has 0 unspecified atom stereocenters. The number of carbonyl (C=O) groups excluding carboxylic acids is 1. The number of ketones is 1. The van der Waals surface area contributed by atoms with Gasteiger partial charge in [0.15, 0.2) is 5.78 Å². The summed E-state index contributed by atoms with van der Waals surface area (Å²) in [6.07, 6.45) is 5.22. The Labute approximate surface area is 82.1 Å². The highest BCUT2D eigenvalue weighted by molar-refractivity contribution is 7.90. The van der Waals surface area contributed by atoms with Crippen LogP contribution in [0.1, 0.15) is 16.9 Å². The van der Waals surface area contributed by atoms with Crippen LogP contribution >= 0.6 is 0 Å². The zero-order valence-corrected chi connectivity index (χ0v) is 8.49. The van der Waals surface area contributed by atoms with Crippen LogP contribution in [0, 0.1) is 0 Å². The molecule has 0 saturated carbocycles. The van der Waals surface area contributed by atoms with E-state index >= 15 is 0 Å². The van der Waals surface area contributed by atoms with Gasteiger partial charge in [0, 0.05) is 25.1 Å². The highest BCUT2D eigenvalue weighted by Gasteiger charge is 2.10. The molecule has 0 saturated heterocycles. The number of carbonyl (C=O) groups is 1. The van der Waals surface area contributed by atoms with Crippen molar-refractivity contribution >= 4 is 15.6 Å². The van der Waals surface area contributed by atoms with Crippen LogP contribution in [-0.2, 0) is 9.84 Å². The minimum absolute atomic E-state index is 0.0441. The van der Waals surface area contributed by atoms with Crippen molar-refractivity contribution in [2.45, 2.75) is 6.42 Å². The SMILES string of the molecule is CS(=O)(=O)CCC(=O)c1cnccn1. The van der Waals surface area contributed by atoms with E-state index in [1.54, 1.807) is 0 Å². The first kappa shape index (κ1) is 10.8. The van der Waals surface area contributed by atoms with Crippen molar-refractivity contribution in [3.8, 4) is 0 Å². The Hall–Kier alpha value is -1.30. The highest BCUT2D eigenvalue weighted by atomic mass is 32.2. The Morgan fingerprint density at radius 3 is 2.64 bits per heavy atom. The van der Waals surface area contributed by atoms with Crippen LogP contribution in [0.15, 0.2) is 18.6 Å². The molecule has 0 amide bonds. The summed E-state index contributed by atoms with van der Waals surface area (Å²) in [6, 6.07) is 0. The first-order valence-electron chi connectivity index (χ1n) is 3.96. The zero-order valence-electron chi connectivity index (χ0n) is 7.67. The van der Waals surface area contributed by atoms with E-state index < -0.39 is 9.84 Å². The van der Waals surface area contributed by atoms with Crippen LogP contribution in [0.25, 0.3) is 0 Å². The Morgan fingerprint density at radius 1 is 1.43 bits per heavy atom. The molecule has 1 aromatic rings. The van der Waals surface area contributed by atoms with Gasteiger partial charge in [-0.2, -0.15) is 0 Å². The van der Waals surface area contributed by atoms with Gasteiger partial charge in [0.1, 0.15) is 15.5 Å². The third-order valence-electron chi connectivity index (χ3n) is 1.55. The second kappa shape index (κ2) is 4.28. The zero-order chi connectivity index (χ0) is 10.6. The van der Waals surface area contributed by atoms with Crippen LogP contribution in [0.4, 0.5) is 0 Å². The molecule has 1 heterocycles. The maximum atomic E-state index is 11.3. The molecule has 0 radical (unpaired) electrons. The second-order valence-electron chi connectivity index (χ2n) is 2.89. The lowest BCUT2D eigenvalue weighted by Gasteiger charge is -1.97. The van der Waals surface area contributed by atoms with E-state index in [1.165, 1.54) is 18.6 Å². The van der Waals surface area contributed by atoms with Crippen molar-refractivity contribution in [3.05, 3.63) is 24.3 Å². The average Bonchev–Trinajstić information content (AvgIpc) is 2.14. The van der Waals surface area contributed by atoms with Crippen LogP contribution in [-0.4, -0.2) is 36.2 Å². The van der Waals surface area contributed by atoms with Crippen molar-refractivity contribution < 1.29 is 13.2 Å². The van der Waals surface area contributed by atoms with Crippen molar-refractivity contribution in [2.75, 3.05) is 12.0 Å². The average molecular weight is 214 g/mol. The van der Waals surface area contributed by atoms with Crippen molar-refractivity contribution in [1.29, 1.82) is 0 Å². The molecule has 0 aliphatic heterocycles. The van der Waals surface area contributed by atoms with E-state index in [2.05, 4.69) is 9.97 Å². The topological polar surface area (TPSA) is 77.0 Å². The summed E-state index contributed by atoms with van der Waals surface area (Å²) in [4.78, 5) is 18.8. The van der Waals surface area contributed by atoms with E-state index in [0.717, 1.165) is 6.26 Å². The third kappa shape index (κ3) is 3.61. The van der Waals surface area contributed by atoms with Gasteiger partial charge in [-0.3, -0.25) is 9.78 Å². The van der Waals surface area contributed by atoms with Gasteiger partial charge < -0.3 is 0 Å².